The average molecular weight is 1660 g/mol. The van der Waals surface area contributed by atoms with Crippen LogP contribution >= 0.6 is 0 Å². The Morgan fingerprint density at radius 2 is 0.380 bits per heavy atom. The number of nitrogens with zero attached hydrogens (tertiary/aromatic N) is 15. The van der Waals surface area contributed by atoms with Crippen LogP contribution in [0.1, 0.15) is 16.7 Å². The quantitative estimate of drug-likeness (QED) is 0.0787. The van der Waals surface area contributed by atoms with Crippen LogP contribution in [-0.2, 0) is 0 Å². The number of hydrogen-bond acceptors (Lipinski definition) is 15. The van der Waals surface area contributed by atoms with Gasteiger partial charge in [-0.05, 0) is 156 Å². The lowest BCUT2D eigenvalue weighted by molar-refractivity contribution is 1.07. The number of aryl methyl sites for hydroxylation is 3. The summed E-state index contributed by atoms with van der Waals surface area (Å²) in [4.78, 5) is 72.3. The van der Waals surface area contributed by atoms with E-state index in [0.29, 0.717) is 52.4 Å². The van der Waals surface area contributed by atoms with Gasteiger partial charge in [-0.2, -0.15) is 0 Å². The maximum atomic E-state index is 4.99. The summed E-state index contributed by atoms with van der Waals surface area (Å²) in [6.45, 7) is 6.29. The Kier molecular flexibility index (Phi) is 24.0. The van der Waals surface area contributed by atoms with Crippen LogP contribution in [0.4, 0.5) is 0 Å². The molecule has 15 heteroatoms. The third-order valence-corrected chi connectivity index (χ3v) is 21.9. The Balaban J connectivity index is 0.000000126. The maximum Gasteiger partial charge on any atom is 0.164 e. The zero-order chi connectivity index (χ0) is 87.0. The van der Waals surface area contributed by atoms with Crippen LogP contribution in [0.5, 0.6) is 0 Å². The normalized spacial score (nSPS) is 10.9. The molecule has 0 saturated carbocycles. The summed E-state index contributed by atoms with van der Waals surface area (Å²) in [5.74, 6) is 5.60. The molecule has 0 spiro atoms. The molecule has 8 heterocycles. The van der Waals surface area contributed by atoms with Crippen LogP contribution in [0.25, 0.3) is 203 Å². The minimum atomic E-state index is 0.594. The van der Waals surface area contributed by atoms with Crippen LogP contribution in [0, 0.1) is 20.8 Å². The van der Waals surface area contributed by atoms with Crippen molar-refractivity contribution in [3.8, 4) is 203 Å². The second-order valence-electron chi connectivity index (χ2n) is 31.1. The molecule has 0 saturated heterocycles. The molecule has 13 aromatic carbocycles. The van der Waals surface area contributed by atoms with E-state index in [0.717, 1.165) is 151 Å². The summed E-state index contributed by atoms with van der Waals surface area (Å²) in [6, 6.07) is 133. The van der Waals surface area contributed by atoms with Gasteiger partial charge in [0.05, 0.1) is 40.9 Å². The molecular weight excluding hydrogens is 1580 g/mol. The van der Waals surface area contributed by atoms with Crippen molar-refractivity contribution in [3.05, 3.63) is 454 Å². The Morgan fingerprint density at radius 3 is 0.674 bits per heavy atom. The largest absolute Gasteiger partial charge is 0.264 e. The molecule has 0 bridgehead atoms. The SMILES string of the molecule is Cc1ccc(-c2cc(-c3ccc(-c4ccccn4)nc3)cc(-c3nc(-c4ccccc4)nc(-c4ccccc4)n3)c2)cc1.Cc1ccc(-c2cc(-c3ccc(-c4cccnc4)nc3)cc(-c3nc(-c4ccccc4)nc(-c4ccccc4)n3)c2)cc1.Cc1ccc(-c2cc(-c3cnc(-c4ccccc4)cn3)cc(-c3nc(-c4ccccc4)nc(-c4ccccc4)n3)c2)cc1. The maximum absolute atomic E-state index is 4.99. The second kappa shape index (κ2) is 38.1. The highest BCUT2D eigenvalue weighted by atomic mass is 15.1. The van der Waals surface area contributed by atoms with E-state index in [9.17, 15) is 0 Å². The molecule has 0 atom stereocenters. The Morgan fingerprint density at radius 1 is 0.132 bits per heavy atom. The highest BCUT2D eigenvalue weighted by molar-refractivity contribution is 5.85. The van der Waals surface area contributed by atoms with Gasteiger partial charge in [-0.3, -0.25) is 29.9 Å². The third kappa shape index (κ3) is 19.5. The van der Waals surface area contributed by atoms with Crippen LogP contribution in [-0.4, -0.2) is 74.8 Å². The van der Waals surface area contributed by atoms with Crippen LogP contribution in [0.3, 0.4) is 0 Å². The van der Waals surface area contributed by atoms with Gasteiger partial charge in [0.2, 0.25) is 0 Å². The first kappa shape index (κ1) is 81.2. The van der Waals surface area contributed by atoms with Gasteiger partial charge in [0, 0.05) is 109 Å². The lowest BCUT2D eigenvalue weighted by Gasteiger charge is -2.13. The van der Waals surface area contributed by atoms with Crippen molar-refractivity contribution < 1.29 is 0 Å². The molecule has 21 aromatic rings. The molecule has 21 rings (SSSR count). The van der Waals surface area contributed by atoms with Gasteiger partial charge in [-0.15, -0.1) is 0 Å². The van der Waals surface area contributed by atoms with Gasteiger partial charge in [0.1, 0.15) is 0 Å². The molecule has 0 fully saturated rings. The highest BCUT2D eigenvalue weighted by Crippen LogP contribution is 2.39. The van der Waals surface area contributed by atoms with E-state index in [2.05, 4.69) is 170 Å². The molecule has 0 radical (unpaired) electrons. The standard InChI is InChI=1S/3C38H27N5/c1-26-17-19-27(20-18-26)31-21-32(35-25-39-34(24-40-35)28-11-5-2-6-12-28)23-33(22-31)38-42-36(29-13-7-3-8-14-29)41-37(43-38)30-15-9-4-10-16-30;1-26-15-17-27(18-16-26)31-22-32(30-19-20-35(40-25-30)34-14-8-9-21-39-34)24-33(23-31)38-42-36(28-10-4-2-5-11-28)41-37(43-38)29-12-6-3-7-13-29;1-26-14-16-27(17-15-26)32-21-33(30-18-19-35(40-25-30)31-13-8-20-39-24-31)23-34(22-32)38-42-36(28-9-4-2-5-10-28)41-37(43-38)29-11-6-3-7-12-29/h3*2-25H,1H3. The van der Waals surface area contributed by atoms with E-state index in [1.165, 1.54) is 16.7 Å². The van der Waals surface area contributed by atoms with Crippen LogP contribution in [0.2, 0.25) is 0 Å². The van der Waals surface area contributed by atoms with E-state index in [1.54, 1.807) is 12.4 Å². The molecule has 8 aromatic heterocycles. The Labute approximate surface area is 748 Å². The summed E-state index contributed by atoms with van der Waals surface area (Å²) in [7, 11) is 0. The molecule has 129 heavy (non-hydrogen) atoms. The summed E-state index contributed by atoms with van der Waals surface area (Å²) in [6.07, 6.45) is 12.9. The molecule has 0 amide bonds. The smallest absolute Gasteiger partial charge is 0.164 e. The van der Waals surface area contributed by atoms with Crippen molar-refractivity contribution in [2.45, 2.75) is 20.8 Å². The van der Waals surface area contributed by atoms with Crippen LogP contribution < -0.4 is 0 Å². The van der Waals surface area contributed by atoms with Crippen molar-refractivity contribution in [3.63, 3.8) is 0 Å². The molecule has 0 N–H and O–H groups in total. The molecule has 0 unspecified atom stereocenters. The topological polar surface area (TPSA) is 193 Å². The number of benzene rings is 13. The predicted octanol–water partition coefficient (Wildman–Crippen LogP) is 26.9. The van der Waals surface area contributed by atoms with Gasteiger partial charge in [0.25, 0.3) is 0 Å². The number of aromatic nitrogens is 15. The van der Waals surface area contributed by atoms with Crippen molar-refractivity contribution in [2.24, 2.45) is 0 Å². The first-order chi connectivity index (χ1) is 63.6. The Bertz CT molecular complexity index is 6510. The molecule has 0 aliphatic carbocycles. The minimum Gasteiger partial charge on any atom is -0.264 e. The lowest BCUT2D eigenvalue weighted by Crippen LogP contribution is -2.00. The van der Waals surface area contributed by atoms with E-state index in [4.69, 9.17) is 64.8 Å². The second-order valence-corrected chi connectivity index (χ2v) is 31.1. The molecular formula is C114H81N15. The summed E-state index contributed by atoms with van der Waals surface area (Å²) < 4.78 is 0. The Hall–Kier alpha value is -17.4. The fourth-order valence-electron chi connectivity index (χ4n) is 15.0. The fourth-order valence-corrected chi connectivity index (χ4v) is 15.0. The summed E-state index contributed by atoms with van der Waals surface area (Å²) in [5, 5.41) is 0. The molecule has 612 valence electrons. The van der Waals surface area contributed by atoms with E-state index >= 15 is 0 Å². The highest BCUT2D eigenvalue weighted by Gasteiger charge is 2.21. The van der Waals surface area contributed by atoms with E-state index in [1.807, 2.05) is 286 Å². The first-order valence-corrected chi connectivity index (χ1v) is 42.5. The lowest BCUT2D eigenvalue weighted by atomic mass is 9.95. The van der Waals surface area contributed by atoms with Crippen molar-refractivity contribution in [1.82, 2.24) is 74.8 Å². The number of hydrogen-bond donors (Lipinski definition) is 0. The number of rotatable bonds is 18. The molecule has 0 aliphatic heterocycles. The zero-order valence-electron chi connectivity index (χ0n) is 70.8. The van der Waals surface area contributed by atoms with Crippen molar-refractivity contribution >= 4 is 0 Å². The van der Waals surface area contributed by atoms with E-state index in [-0.39, 0.29) is 0 Å². The van der Waals surface area contributed by atoms with Gasteiger partial charge in [0.15, 0.2) is 52.4 Å². The average Bonchev–Trinajstić information content (AvgIpc) is 0.788. The summed E-state index contributed by atoms with van der Waals surface area (Å²) >= 11 is 0. The fraction of sp³-hybridized carbons (Fsp3) is 0.0263. The monoisotopic (exact) mass is 1660 g/mol. The number of pyridine rings is 4. The van der Waals surface area contributed by atoms with Crippen LogP contribution in [0.15, 0.2) is 438 Å². The molecule has 15 nitrogen and oxygen atoms in total. The predicted molar refractivity (Wildman–Crippen MR) is 518 cm³/mol. The first-order valence-electron chi connectivity index (χ1n) is 42.5. The van der Waals surface area contributed by atoms with Gasteiger partial charge < -0.3 is 0 Å². The van der Waals surface area contributed by atoms with E-state index < -0.39 is 0 Å². The van der Waals surface area contributed by atoms with Crippen molar-refractivity contribution in [2.75, 3.05) is 0 Å². The molecule has 0 aliphatic rings. The van der Waals surface area contributed by atoms with Gasteiger partial charge >= 0.3 is 0 Å². The summed E-state index contributed by atoms with van der Waals surface area (Å²) in [5.41, 5.74) is 29.6. The van der Waals surface area contributed by atoms with Crippen molar-refractivity contribution in [1.29, 1.82) is 0 Å². The third-order valence-electron chi connectivity index (χ3n) is 21.9. The minimum absolute atomic E-state index is 0.594. The van der Waals surface area contributed by atoms with Gasteiger partial charge in [-0.25, -0.2) is 44.9 Å². The van der Waals surface area contributed by atoms with Gasteiger partial charge in [-0.1, -0.05) is 320 Å². The zero-order valence-corrected chi connectivity index (χ0v) is 70.8.